The SMILES string of the molecule is Cc1ccc(C2C(=O)OC2C)cc1. The molecule has 2 unspecified atom stereocenters. The summed E-state index contributed by atoms with van der Waals surface area (Å²) in [5.41, 5.74) is 2.28. The maximum atomic E-state index is 11.1. The van der Waals surface area contributed by atoms with Crippen LogP contribution in [0.3, 0.4) is 0 Å². The Morgan fingerprint density at radius 2 is 1.85 bits per heavy atom. The van der Waals surface area contributed by atoms with Crippen LogP contribution in [0.1, 0.15) is 24.0 Å². The van der Waals surface area contributed by atoms with E-state index < -0.39 is 0 Å². The largest absolute Gasteiger partial charge is 0.461 e. The summed E-state index contributed by atoms with van der Waals surface area (Å²) in [6.45, 7) is 3.96. The monoisotopic (exact) mass is 176 g/mol. The van der Waals surface area contributed by atoms with Gasteiger partial charge in [0.25, 0.3) is 0 Å². The summed E-state index contributed by atoms with van der Waals surface area (Å²) in [4.78, 5) is 11.1. The zero-order valence-electron chi connectivity index (χ0n) is 7.78. The predicted octanol–water partition coefficient (Wildman–Crippen LogP) is 2.02. The van der Waals surface area contributed by atoms with E-state index >= 15 is 0 Å². The van der Waals surface area contributed by atoms with Crippen molar-refractivity contribution in [3.63, 3.8) is 0 Å². The van der Waals surface area contributed by atoms with Crippen molar-refractivity contribution in [2.75, 3.05) is 0 Å². The van der Waals surface area contributed by atoms with Crippen LogP contribution in [0.15, 0.2) is 24.3 Å². The molecule has 0 saturated carbocycles. The van der Waals surface area contributed by atoms with Gasteiger partial charge in [-0.2, -0.15) is 0 Å². The summed E-state index contributed by atoms with van der Waals surface area (Å²) in [5, 5.41) is 0. The molecule has 0 bridgehead atoms. The van der Waals surface area contributed by atoms with Gasteiger partial charge >= 0.3 is 5.97 Å². The van der Waals surface area contributed by atoms with Crippen molar-refractivity contribution in [2.24, 2.45) is 0 Å². The number of ether oxygens (including phenoxy) is 1. The molecule has 1 fully saturated rings. The molecule has 1 aromatic rings. The fraction of sp³-hybridized carbons (Fsp3) is 0.364. The number of rotatable bonds is 1. The summed E-state index contributed by atoms with van der Waals surface area (Å²) in [6.07, 6.45) is 0.0372. The third-order valence-electron chi connectivity index (χ3n) is 2.46. The molecule has 0 amide bonds. The van der Waals surface area contributed by atoms with Gasteiger partial charge in [-0.3, -0.25) is 4.79 Å². The van der Waals surface area contributed by atoms with Gasteiger partial charge in [-0.15, -0.1) is 0 Å². The highest BCUT2D eigenvalue weighted by Gasteiger charge is 2.39. The van der Waals surface area contributed by atoms with Crippen LogP contribution in [-0.2, 0) is 9.53 Å². The number of esters is 1. The van der Waals surface area contributed by atoms with Crippen molar-refractivity contribution in [1.82, 2.24) is 0 Å². The Hall–Kier alpha value is -1.31. The molecule has 2 nitrogen and oxygen atoms in total. The molecule has 68 valence electrons. The smallest absolute Gasteiger partial charge is 0.317 e. The quantitative estimate of drug-likeness (QED) is 0.612. The van der Waals surface area contributed by atoms with E-state index in [1.807, 2.05) is 38.1 Å². The second kappa shape index (κ2) is 2.87. The van der Waals surface area contributed by atoms with Crippen LogP contribution < -0.4 is 0 Å². The van der Waals surface area contributed by atoms with Crippen molar-refractivity contribution in [3.8, 4) is 0 Å². The normalized spacial score (nSPS) is 26.5. The topological polar surface area (TPSA) is 26.3 Å². The van der Waals surface area contributed by atoms with Gasteiger partial charge in [0.1, 0.15) is 12.0 Å². The van der Waals surface area contributed by atoms with Gasteiger partial charge in [0.15, 0.2) is 0 Å². The van der Waals surface area contributed by atoms with E-state index in [4.69, 9.17) is 4.74 Å². The molecule has 1 aliphatic heterocycles. The summed E-state index contributed by atoms with van der Waals surface area (Å²) in [5.74, 6) is -0.142. The number of carbonyl (C=O) groups excluding carboxylic acids is 1. The van der Waals surface area contributed by atoms with Gasteiger partial charge in [-0.25, -0.2) is 0 Å². The Morgan fingerprint density at radius 1 is 1.23 bits per heavy atom. The molecule has 0 spiro atoms. The van der Waals surface area contributed by atoms with Crippen LogP contribution in [-0.4, -0.2) is 12.1 Å². The molecule has 13 heavy (non-hydrogen) atoms. The highest BCUT2D eigenvalue weighted by atomic mass is 16.6. The number of carbonyl (C=O) groups is 1. The molecule has 0 N–H and O–H groups in total. The first-order valence-electron chi connectivity index (χ1n) is 4.45. The first-order valence-corrected chi connectivity index (χ1v) is 4.45. The lowest BCUT2D eigenvalue weighted by Gasteiger charge is -2.32. The molecule has 1 heterocycles. The molecule has 1 aromatic carbocycles. The van der Waals surface area contributed by atoms with Crippen LogP contribution in [0, 0.1) is 6.92 Å². The van der Waals surface area contributed by atoms with Crippen molar-refractivity contribution in [2.45, 2.75) is 25.9 Å². The molecule has 0 aromatic heterocycles. The molecule has 2 heteroatoms. The van der Waals surface area contributed by atoms with Gasteiger partial charge in [0.2, 0.25) is 0 Å². The van der Waals surface area contributed by atoms with Crippen LogP contribution in [0.25, 0.3) is 0 Å². The van der Waals surface area contributed by atoms with Gasteiger partial charge < -0.3 is 4.74 Å². The van der Waals surface area contributed by atoms with Gasteiger partial charge in [-0.1, -0.05) is 29.8 Å². The van der Waals surface area contributed by atoms with E-state index in [0.29, 0.717) is 0 Å². The van der Waals surface area contributed by atoms with E-state index in [1.54, 1.807) is 0 Å². The van der Waals surface area contributed by atoms with E-state index in [9.17, 15) is 4.79 Å². The molecular weight excluding hydrogens is 164 g/mol. The molecular formula is C11H12O2. The molecule has 1 saturated heterocycles. The van der Waals surface area contributed by atoms with Crippen LogP contribution in [0.2, 0.25) is 0 Å². The molecule has 2 atom stereocenters. The van der Waals surface area contributed by atoms with Gasteiger partial charge in [0, 0.05) is 0 Å². The third kappa shape index (κ3) is 1.32. The minimum Gasteiger partial charge on any atom is -0.461 e. The lowest BCUT2D eigenvalue weighted by atomic mass is 9.90. The van der Waals surface area contributed by atoms with E-state index in [2.05, 4.69) is 0 Å². The van der Waals surface area contributed by atoms with Crippen molar-refractivity contribution in [1.29, 1.82) is 0 Å². The first kappa shape index (κ1) is 8.30. The number of hydrogen-bond acceptors (Lipinski definition) is 2. The van der Waals surface area contributed by atoms with Crippen LogP contribution in [0.5, 0.6) is 0 Å². The average Bonchev–Trinajstić information content (AvgIpc) is 2.09. The lowest BCUT2D eigenvalue weighted by molar-refractivity contribution is -0.172. The molecule has 0 radical (unpaired) electrons. The Kier molecular flexibility index (Phi) is 1.83. The Labute approximate surface area is 77.5 Å². The van der Waals surface area contributed by atoms with E-state index in [1.165, 1.54) is 5.56 Å². The third-order valence-corrected chi connectivity index (χ3v) is 2.46. The van der Waals surface area contributed by atoms with Crippen molar-refractivity contribution >= 4 is 5.97 Å². The second-order valence-corrected chi connectivity index (χ2v) is 3.53. The van der Waals surface area contributed by atoms with Crippen molar-refractivity contribution < 1.29 is 9.53 Å². The van der Waals surface area contributed by atoms with Gasteiger partial charge in [-0.05, 0) is 19.4 Å². The number of cyclic esters (lactones) is 1. The lowest BCUT2D eigenvalue weighted by Crippen LogP contribution is -2.40. The molecule has 0 aliphatic carbocycles. The van der Waals surface area contributed by atoms with Crippen molar-refractivity contribution in [3.05, 3.63) is 35.4 Å². The van der Waals surface area contributed by atoms with Crippen LogP contribution in [0.4, 0.5) is 0 Å². The standard InChI is InChI=1S/C11H12O2/c1-7-3-5-9(6-4-7)10-8(2)13-11(10)12/h3-6,8,10H,1-2H3. The Balaban J connectivity index is 2.25. The first-order chi connectivity index (χ1) is 6.18. The average molecular weight is 176 g/mol. The zero-order valence-corrected chi connectivity index (χ0v) is 7.78. The predicted molar refractivity (Wildman–Crippen MR) is 49.5 cm³/mol. The number of benzene rings is 1. The summed E-state index contributed by atoms with van der Waals surface area (Å²) < 4.78 is 4.90. The summed E-state index contributed by atoms with van der Waals surface area (Å²) in [7, 11) is 0. The maximum Gasteiger partial charge on any atom is 0.317 e. The highest BCUT2D eigenvalue weighted by molar-refractivity contribution is 5.84. The van der Waals surface area contributed by atoms with Crippen LogP contribution >= 0.6 is 0 Å². The second-order valence-electron chi connectivity index (χ2n) is 3.53. The zero-order chi connectivity index (χ0) is 9.42. The minimum absolute atomic E-state index is 0.0372. The van der Waals surface area contributed by atoms with E-state index in [-0.39, 0.29) is 18.0 Å². The Morgan fingerprint density at radius 3 is 2.31 bits per heavy atom. The molecule has 2 rings (SSSR count). The fourth-order valence-electron chi connectivity index (χ4n) is 1.62. The highest BCUT2D eigenvalue weighted by Crippen LogP contribution is 2.32. The summed E-state index contributed by atoms with van der Waals surface area (Å²) >= 11 is 0. The number of hydrogen-bond donors (Lipinski definition) is 0. The molecule has 1 aliphatic rings. The minimum atomic E-state index is -0.101. The summed E-state index contributed by atoms with van der Waals surface area (Å²) in [6, 6.07) is 8.04. The van der Waals surface area contributed by atoms with Gasteiger partial charge in [0.05, 0.1) is 0 Å². The number of aryl methyl sites for hydroxylation is 1. The fourth-order valence-corrected chi connectivity index (χ4v) is 1.62. The Bertz CT molecular complexity index is 326. The maximum absolute atomic E-state index is 11.1. The van der Waals surface area contributed by atoms with E-state index in [0.717, 1.165) is 5.56 Å².